The molecule has 0 N–H and O–H groups in total. The van der Waals surface area contributed by atoms with Crippen LogP contribution in [0.15, 0.2) is 47.1 Å². The Hall–Kier alpha value is -3.81. The van der Waals surface area contributed by atoms with E-state index in [9.17, 15) is 4.79 Å². The third-order valence-electron chi connectivity index (χ3n) is 5.46. The second-order valence-electron chi connectivity index (χ2n) is 7.45. The molecule has 8 nitrogen and oxygen atoms in total. The van der Waals surface area contributed by atoms with Gasteiger partial charge in [-0.25, -0.2) is 4.98 Å². The molecule has 3 heterocycles. The Morgan fingerprint density at radius 3 is 2.59 bits per heavy atom. The van der Waals surface area contributed by atoms with Crippen LogP contribution in [0.5, 0.6) is 11.5 Å². The van der Waals surface area contributed by atoms with Crippen molar-refractivity contribution in [2.24, 2.45) is 7.05 Å². The normalized spacial score (nSPS) is 11.0. The standard InChI is InChI=1S/C24H26N4O4/c1-6-28(14-16-9-10-20(30-4)21(12-16)31-5)24(29)17-13-18(19-8-7-11-32-19)25-23-22(17)15(2)26-27(23)3/h7-13H,6,14H2,1-5H3. The number of aryl methyl sites for hydroxylation is 2. The summed E-state index contributed by atoms with van der Waals surface area (Å²) < 4.78 is 18.0. The smallest absolute Gasteiger partial charge is 0.255 e. The molecule has 0 fully saturated rings. The maximum absolute atomic E-state index is 13.7. The molecule has 1 amide bonds. The number of aromatic nitrogens is 3. The summed E-state index contributed by atoms with van der Waals surface area (Å²) in [6.45, 7) is 4.81. The minimum absolute atomic E-state index is 0.0985. The first-order valence-electron chi connectivity index (χ1n) is 10.3. The Morgan fingerprint density at radius 1 is 1.16 bits per heavy atom. The molecule has 1 aromatic carbocycles. The first-order valence-corrected chi connectivity index (χ1v) is 10.3. The molecule has 0 radical (unpaired) electrons. The van der Waals surface area contributed by atoms with E-state index in [0.29, 0.717) is 47.3 Å². The molecular formula is C24H26N4O4. The van der Waals surface area contributed by atoms with Crippen LogP contribution in [0.25, 0.3) is 22.5 Å². The predicted molar refractivity (Wildman–Crippen MR) is 121 cm³/mol. The fourth-order valence-corrected chi connectivity index (χ4v) is 3.86. The summed E-state index contributed by atoms with van der Waals surface area (Å²) in [6, 6.07) is 11.1. The number of amides is 1. The van der Waals surface area contributed by atoms with Crippen LogP contribution in [-0.2, 0) is 13.6 Å². The number of furan rings is 1. The van der Waals surface area contributed by atoms with Crippen molar-refractivity contribution in [2.45, 2.75) is 20.4 Å². The number of rotatable bonds is 7. The quantitative estimate of drug-likeness (QED) is 0.433. The second kappa shape index (κ2) is 8.74. The van der Waals surface area contributed by atoms with E-state index in [0.717, 1.165) is 16.6 Å². The van der Waals surface area contributed by atoms with Crippen molar-refractivity contribution in [2.75, 3.05) is 20.8 Å². The van der Waals surface area contributed by atoms with Crippen molar-refractivity contribution in [3.8, 4) is 23.0 Å². The van der Waals surface area contributed by atoms with Crippen molar-refractivity contribution in [1.29, 1.82) is 0 Å². The maximum atomic E-state index is 13.7. The molecule has 0 aliphatic heterocycles. The zero-order valence-corrected chi connectivity index (χ0v) is 18.9. The largest absolute Gasteiger partial charge is 0.493 e. The van der Waals surface area contributed by atoms with Gasteiger partial charge < -0.3 is 18.8 Å². The SMILES string of the molecule is CCN(Cc1ccc(OC)c(OC)c1)C(=O)c1cc(-c2ccco2)nc2c1c(C)nn2C. The van der Waals surface area contributed by atoms with E-state index in [1.54, 1.807) is 42.2 Å². The van der Waals surface area contributed by atoms with Gasteiger partial charge in [-0.15, -0.1) is 0 Å². The topological polar surface area (TPSA) is 82.6 Å². The lowest BCUT2D eigenvalue weighted by Gasteiger charge is -2.22. The lowest BCUT2D eigenvalue weighted by atomic mass is 10.1. The number of pyridine rings is 1. The van der Waals surface area contributed by atoms with E-state index < -0.39 is 0 Å². The van der Waals surface area contributed by atoms with Crippen LogP contribution >= 0.6 is 0 Å². The van der Waals surface area contributed by atoms with Crippen LogP contribution in [0.3, 0.4) is 0 Å². The number of hydrogen-bond acceptors (Lipinski definition) is 6. The highest BCUT2D eigenvalue weighted by Gasteiger charge is 2.23. The molecule has 0 aliphatic carbocycles. The van der Waals surface area contributed by atoms with Gasteiger partial charge in [-0.05, 0) is 49.7 Å². The molecule has 0 unspecified atom stereocenters. The van der Waals surface area contributed by atoms with Crippen LogP contribution in [-0.4, -0.2) is 46.3 Å². The Balaban J connectivity index is 1.76. The molecule has 0 atom stereocenters. The van der Waals surface area contributed by atoms with Crippen molar-refractivity contribution in [1.82, 2.24) is 19.7 Å². The van der Waals surface area contributed by atoms with Crippen LogP contribution in [0, 0.1) is 6.92 Å². The summed E-state index contributed by atoms with van der Waals surface area (Å²) in [6.07, 6.45) is 1.59. The zero-order valence-electron chi connectivity index (χ0n) is 18.9. The van der Waals surface area contributed by atoms with Crippen LogP contribution in [0.4, 0.5) is 0 Å². The second-order valence-corrected chi connectivity index (χ2v) is 7.45. The highest BCUT2D eigenvalue weighted by molar-refractivity contribution is 6.07. The highest BCUT2D eigenvalue weighted by Crippen LogP contribution is 2.30. The van der Waals surface area contributed by atoms with E-state index in [1.807, 2.05) is 45.2 Å². The molecule has 0 aliphatic rings. The van der Waals surface area contributed by atoms with Gasteiger partial charge in [0.1, 0.15) is 5.69 Å². The van der Waals surface area contributed by atoms with E-state index in [2.05, 4.69) is 5.10 Å². The summed E-state index contributed by atoms with van der Waals surface area (Å²) in [4.78, 5) is 20.2. The lowest BCUT2D eigenvalue weighted by Crippen LogP contribution is -2.30. The van der Waals surface area contributed by atoms with Crippen LogP contribution in [0.2, 0.25) is 0 Å². The number of nitrogens with zero attached hydrogens (tertiary/aromatic N) is 4. The Bertz CT molecular complexity index is 1260. The van der Waals surface area contributed by atoms with Crippen molar-refractivity contribution in [3.05, 3.63) is 59.5 Å². The molecule has 0 saturated carbocycles. The van der Waals surface area contributed by atoms with Gasteiger partial charge in [0.05, 0.1) is 37.1 Å². The van der Waals surface area contributed by atoms with Crippen molar-refractivity contribution < 1.29 is 18.7 Å². The van der Waals surface area contributed by atoms with Gasteiger partial charge in [0.25, 0.3) is 5.91 Å². The average Bonchev–Trinajstić information content (AvgIpc) is 3.44. The van der Waals surface area contributed by atoms with E-state index in [4.69, 9.17) is 18.9 Å². The highest BCUT2D eigenvalue weighted by atomic mass is 16.5. The third-order valence-corrected chi connectivity index (χ3v) is 5.46. The fraction of sp³-hybridized carbons (Fsp3) is 0.292. The Morgan fingerprint density at radius 2 is 1.94 bits per heavy atom. The zero-order chi connectivity index (χ0) is 22.8. The molecular weight excluding hydrogens is 408 g/mol. The Kier molecular flexibility index (Phi) is 5.85. The summed E-state index contributed by atoms with van der Waals surface area (Å²) in [5.74, 6) is 1.78. The summed E-state index contributed by atoms with van der Waals surface area (Å²) >= 11 is 0. The first-order chi connectivity index (χ1) is 15.5. The number of ether oxygens (including phenoxy) is 2. The number of methoxy groups -OCH3 is 2. The van der Waals surface area contributed by atoms with Crippen LogP contribution < -0.4 is 9.47 Å². The fourth-order valence-electron chi connectivity index (χ4n) is 3.86. The molecule has 166 valence electrons. The van der Waals surface area contributed by atoms with Gasteiger partial charge in [0.2, 0.25) is 0 Å². The van der Waals surface area contributed by atoms with Gasteiger partial charge in [0, 0.05) is 20.1 Å². The number of hydrogen-bond donors (Lipinski definition) is 0. The van der Waals surface area contributed by atoms with Crippen molar-refractivity contribution in [3.63, 3.8) is 0 Å². The molecule has 4 rings (SSSR count). The molecule has 3 aromatic heterocycles. The molecule has 4 aromatic rings. The van der Waals surface area contributed by atoms with Gasteiger partial charge in [-0.1, -0.05) is 6.07 Å². The number of fused-ring (bicyclic) bond motifs is 1. The number of benzene rings is 1. The predicted octanol–water partition coefficient (Wildman–Crippen LogP) is 4.22. The molecule has 32 heavy (non-hydrogen) atoms. The maximum Gasteiger partial charge on any atom is 0.255 e. The molecule has 0 saturated heterocycles. The Labute approximate surface area is 186 Å². The third kappa shape index (κ3) is 3.79. The first kappa shape index (κ1) is 21.4. The van der Waals surface area contributed by atoms with Gasteiger partial charge in [-0.2, -0.15) is 5.10 Å². The summed E-state index contributed by atoms with van der Waals surface area (Å²) in [5.41, 5.74) is 3.48. The van der Waals surface area contributed by atoms with Crippen molar-refractivity contribution >= 4 is 16.9 Å². The molecule has 0 bridgehead atoms. The van der Waals surface area contributed by atoms with E-state index in [-0.39, 0.29) is 5.91 Å². The molecule has 0 spiro atoms. The van der Waals surface area contributed by atoms with Gasteiger partial charge in [0.15, 0.2) is 22.9 Å². The monoisotopic (exact) mass is 434 g/mol. The van der Waals surface area contributed by atoms with E-state index in [1.165, 1.54) is 0 Å². The van der Waals surface area contributed by atoms with Gasteiger partial charge in [-0.3, -0.25) is 9.48 Å². The minimum Gasteiger partial charge on any atom is -0.493 e. The summed E-state index contributed by atoms with van der Waals surface area (Å²) in [5, 5.41) is 5.24. The summed E-state index contributed by atoms with van der Waals surface area (Å²) in [7, 11) is 5.02. The average molecular weight is 434 g/mol. The van der Waals surface area contributed by atoms with Gasteiger partial charge >= 0.3 is 0 Å². The van der Waals surface area contributed by atoms with E-state index >= 15 is 0 Å². The number of carbonyl (C=O) groups is 1. The lowest BCUT2D eigenvalue weighted by molar-refractivity contribution is 0.0754. The minimum atomic E-state index is -0.0985. The van der Waals surface area contributed by atoms with Crippen LogP contribution in [0.1, 0.15) is 28.5 Å². The number of carbonyl (C=O) groups excluding carboxylic acids is 1. The molecule has 8 heteroatoms.